The molecule has 2 rings (SSSR count). The van der Waals surface area contributed by atoms with Crippen LogP contribution in [0.1, 0.15) is 35.8 Å². The molecule has 0 bridgehead atoms. The fraction of sp³-hybridized carbons (Fsp3) is 0.350. The van der Waals surface area contributed by atoms with Gasteiger partial charge in [0.05, 0.1) is 12.2 Å². The van der Waals surface area contributed by atoms with Gasteiger partial charge in [-0.2, -0.15) is 0 Å². The summed E-state index contributed by atoms with van der Waals surface area (Å²) in [7, 11) is 0. The number of esters is 1. The van der Waals surface area contributed by atoms with Crippen molar-refractivity contribution in [1.29, 1.82) is 0 Å². The third-order valence-corrected chi connectivity index (χ3v) is 3.82. The van der Waals surface area contributed by atoms with Gasteiger partial charge in [0, 0.05) is 18.2 Å². The largest absolute Gasteiger partial charge is 0.491 e. The number of rotatable bonds is 9. The second-order valence-electron chi connectivity index (χ2n) is 5.86. The molecule has 2 atom stereocenters. The zero-order valence-corrected chi connectivity index (χ0v) is 14.9. The summed E-state index contributed by atoms with van der Waals surface area (Å²) in [6.07, 6.45) is -0.782. The van der Waals surface area contributed by atoms with Gasteiger partial charge in [0.2, 0.25) is 0 Å². The summed E-state index contributed by atoms with van der Waals surface area (Å²) < 4.78 is 24.2. The highest BCUT2D eigenvalue weighted by atomic mass is 19.1. The van der Waals surface area contributed by atoms with Crippen LogP contribution in [-0.4, -0.2) is 36.9 Å². The Balaban J connectivity index is 1.82. The zero-order chi connectivity index (χ0) is 18.9. The molecular weight excluding hydrogens is 337 g/mol. The first-order chi connectivity index (χ1) is 12.5. The van der Waals surface area contributed by atoms with Gasteiger partial charge in [0.15, 0.2) is 0 Å². The minimum atomic E-state index is -0.782. The van der Waals surface area contributed by atoms with Crippen LogP contribution < -0.4 is 10.1 Å². The number of halogens is 1. The summed E-state index contributed by atoms with van der Waals surface area (Å²) in [4.78, 5) is 11.7. The van der Waals surface area contributed by atoms with Gasteiger partial charge in [-0.3, -0.25) is 0 Å². The molecule has 0 aliphatic carbocycles. The molecule has 0 spiro atoms. The van der Waals surface area contributed by atoms with E-state index >= 15 is 0 Å². The first-order valence-electron chi connectivity index (χ1n) is 8.57. The average molecular weight is 361 g/mol. The molecule has 0 fully saturated rings. The van der Waals surface area contributed by atoms with Crippen molar-refractivity contribution in [1.82, 2.24) is 5.32 Å². The lowest BCUT2D eigenvalue weighted by atomic mass is 10.1. The second-order valence-corrected chi connectivity index (χ2v) is 5.86. The predicted molar refractivity (Wildman–Crippen MR) is 96.7 cm³/mol. The third kappa shape index (κ3) is 5.82. The van der Waals surface area contributed by atoms with Crippen LogP contribution in [0.15, 0.2) is 48.5 Å². The number of hydrogen-bond donors (Lipinski definition) is 2. The van der Waals surface area contributed by atoms with Crippen molar-refractivity contribution in [3.63, 3.8) is 0 Å². The molecule has 0 heterocycles. The maximum Gasteiger partial charge on any atom is 0.338 e. The molecule has 0 amide bonds. The van der Waals surface area contributed by atoms with Crippen molar-refractivity contribution < 1.29 is 23.8 Å². The molecular formula is C20H24FNO4. The maximum absolute atomic E-state index is 13.7. The van der Waals surface area contributed by atoms with Gasteiger partial charge in [-0.15, -0.1) is 0 Å². The molecule has 0 saturated heterocycles. The van der Waals surface area contributed by atoms with Crippen LogP contribution >= 0.6 is 0 Å². The molecule has 0 saturated carbocycles. The lowest BCUT2D eigenvalue weighted by molar-refractivity contribution is 0.0525. The molecule has 2 N–H and O–H groups in total. The highest BCUT2D eigenvalue weighted by Gasteiger charge is 2.13. The summed E-state index contributed by atoms with van der Waals surface area (Å²) in [6.45, 7) is 4.16. The summed E-state index contributed by atoms with van der Waals surface area (Å²) in [5.74, 6) is -0.232. The maximum atomic E-state index is 13.7. The van der Waals surface area contributed by atoms with E-state index < -0.39 is 12.1 Å². The van der Waals surface area contributed by atoms with Gasteiger partial charge >= 0.3 is 5.97 Å². The summed E-state index contributed by atoms with van der Waals surface area (Å²) in [5.41, 5.74) is 0.938. The van der Waals surface area contributed by atoms with E-state index in [1.165, 1.54) is 6.07 Å². The lowest BCUT2D eigenvalue weighted by Gasteiger charge is -2.18. The average Bonchev–Trinajstić information content (AvgIpc) is 2.65. The number of carbonyl (C=O) groups is 1. The molecule has 26 heavy (non-hydrogen) atoms. The predicted octanol–water partition coefficient (Wildman–Crippen LogP) is 3.09. The van der Waals surface area contributed by atoms with Crippen molar-refractivity contribution in [2.75, 3.05) is 19.8 Å². The first-order valence-corrected chi connectivity index (χ1v) is 8.57. The topological polar surface area (TPSA) is 67.8 Å². The van der Waals surface area contributed by atoms with E-state index in [1.54, 1.807) is 49.4 Å². The van der Waals surface area contributed by atoms with Crippen LogP contribution in [0.4, 0.5) is 4.39 Å². The molecule has 0 unspecified atom stereocenters. The van der Waals surface area contributed by atoms with Gasteiger partial charge in [-0.05, 0) is 38.1 Å². The van der Waals surface area contributed by atoms with Crippen LogP contribution in [-0.2, 0) is 4.74 Å². The van der Waals surface area contributed by atoms with E-state index in [0.717, 1.165) is 0 Å². The van der Waals surface area contributed by atoms with E-state index in [-0.39, 0.29) is 25.0 Å². The molecule has 2 aromatic carbocycles. The number of benzene rings is 2. The molecule has 140 valence electrons. The number of aliphatic hydroxyl groups is 1. The Morgan fingerprint density at radius 2 is 2.00 bits per heavy atom. The SMILES string of the molecule is CCOC(=O)c1cccc(OC[C@@H](O)CN[C@@H](C)c2ccccc2F)c1. The van der Waals surface area contributed by atoms with Crippen LogP contribution in [0.25, 0.3) is 0 Å². The Morgan fingerprint density at radius 1 is 1.23 bits per heavy atom. The smallest absolute Gasteiger partial charge is 0.338 e. The fourth-order valence-corrected chi connectivity index (χ4v) is 2.43. The van der Waals surface area contributed by atoms with Crippen LogP contribution in [0.3, 0.4) is 0 Å². The standard InChI is InChI=1S/C20H24FNO4/c1-3-25-20(24)15-7-6-8-17(11-15)26-13-16(23)12-22-14(2)18-9-4-5-10-19(18)21/h4-11,14,16,22-23H,3,12-13H2,1-2H3/t14-,16-/m0/s1. The van der Waals surface area contributed by atoms with E-state index in [4.69, 9.17) is 9.47 Å². The summed E-state index contributed by atoms with van der Waals surface area (Å²) in [5, 5.41) is 13.1. The van der Waals surface area contributed by atoms with Crippen LogP contribution in [0.5, 0.6) is 5.75 Å². The molecule has 0 aliphatic rings. The minimum absolute atomic E-state index is 0.0449. The third-order valence-electron chi connectivity index (χ3n) is 3.82. The second kappa shape index (κ2) is 9.89. The van der Waals surface area contributed by atoms with Crippen LogP contribution in [0, 0.1) is 5.82 Å². The Hall–Kier alpha value is -2.44. The van der Waals surface area contributed by atoms with Crippen molar-refractivity contribution >= 4 is 5.97 Å². The fourth-order valence-electron chi connectivity index (χ4n) is 2.43. The molecule has 2 aromatic rings. The van der Waals surface area contributed by atoms with E-state index in [9.17, 15) is 14.3 Å². The van der Waals surface area contributed by atoms with E-state index in [1.807, 2.05) is 6.92 Å². The molecule has 0 aromatic heterocycles. The minimum Gasteiger partial charge on any atom is -0.491 e. The van der Waals surface area contributed by atoms with Crippen molar-refractivity contribution in [2.45, 2.75) is 26.0 Å². The molecule has 0 aliphatic heterocycles. The quantitative estimate of drug-likeness (QED) is 0.672. The highest BCUT2D eigenvalue weighted by molar-refractivity contribution is 5.89. The van der Waals surface area contributed by atoms with E-state index in [2.05, 4.69) is 5.32 Å². The number of nitrogens with one attached hydrogen (secondary N) is 1. The number of carbonyl (C=O) groups excluding carboxylic acids is 1. The van der Waals surface area contributed by atoms with Gasteiger partial charge in [0.25, 0.3) is 0 Å². The Labute approximate surface area is 152 Å². The summed E-state index contributed by atoms with van der Waals surface area (Å²) >= 11 is 0. The van der Waals surface area contributed by atoms with Crippen molar-refractivity contribution in [3.8, 4) is 5.75 Å². The summed E-state index contributed by atoms with van der Waals surface area (Å²) in [6, 6.07) is 12.9. The Kier molecular flexibility index (Phi) is 7.56. The van der Waals surface area contributed by atoms with Crippen molar-refractivity contribution in [3.05, 3.63) is 65.5 Å². The number of aliphatic hydroxyl groups excluding tert-OH is 1. The molecule has 6 heteroatoms. The van der Waals surface area contributed by atoms with Crippen molar-refractivity contribution in [2.24, 2.45) is 0 Å². The first kappa shape index (κ1) is 19.9. The molecule has 5 nitrogen and oxygen atoms in total. The number of hydrogen-bond acceptors (Lipinski definition) is 5. The lowest BCUT2D eigenvalue weighted by Crippen LogP contribution is -2.33. The van der Waals surface area contributed by atoms with Gasteiger partial charge < -0.3 is 19.9 Å². The normalized spacial score (nSPS) is 13.1. The van der Waals surface area contributed by atoms with Gasteiger partial charge in [-0.1, -0.05) is 24.3 Å². The Morgan fingerprint density at radius 3 is 2.73 bits per heavy atom. The Bertz CT molecular complexity index is 722. The highest BCUT2D eigenvalue weighted by Crippen LogP contribution is 2.16. The number of ether oxygens (including phenoxy) is 2. The van der Waals surface area contributed by atoms with E-state index in [0.29, 0.717) is 23.5 Å². The van der Waals surface area contributed by atoms with Gasteiger partial charge in [0.1, 0.15) is 24.3 Å². The zero-order valence-electron chi connectivity index (χ0n) is 14.9. The monoisotopic (exact) mass is 361 g/mol. The van der Waals surface area contributed by atoms with Gasteiger partial charge in [-0.25, -0.2) is 9.18 Å². The van der Waals surface area contributed by atoms with Crippen LogP contribution in [0.2, 0.25) is 0 Å². The molecule has 0 radical (unpaired) electrons.